The molecule has 0 amide bonds. The summed E-state index contributed by atoms with van der Waals surface area (Å²) in [5, 5.41) is 11.4. The van der Waals surface area contributed by atoms with Crippen molar-refractivity contribution >= 4 is 23.0 Å². The summed E-state index contributed by atoms with van der Waals surface area (Å²) in [7, 11) is 0. The van der Waals surface area contributed by atoms with Crippen LogP contribution in [0, 0.1) is 6.92 Å². The summed E-state index contributed by atoms with van der Waals surface area (Å²) in [6, 6.07) is 7.73. The Morgan fingerprint density at radius 3 is 2.95 bits per heavy atom. The predicted molar refractivity (Wildman–Crippen MR) is 74.0 cm³/mol. The third kappa shape index (κ3) is 2.02. The number of imidazole rings is 1. The van der Waals surface area contributed by atoms with E-state index in [0.29, 0.717) is 17.8 Å². The zero-order chi connectivity index (χ0) is 13.4. The molecule has 3 rings (SSSR count). The van der Waals surface area contributed by atoms with Crippen molar-refractivity contribution in [3.63, 3.8) is 0 Å². The van der Waals surface area contributed by atoms with E-state index in [1.54, 1.807) is 21.9 Å². The highest BCUT2D eigenvalue weighted by Gasteiger charge is 2.19. The highest BCUT2D eigenvalue weighted by atomic mass is 32.1. The van der Waals surface area contributed by atoms with Gasteiger partial charge >= 0.3 is 5.97 Å². The number of fused-ring (bicyclic) bond motifs is 1. The minimum absolute atomic E-state index is 0.257. The summed E-state index contributed by atoms with van der Waals surface area (Å²) >= 11 is 1.61. The molecular formula is C14H12N2O2S. The number of carboxylic acid groups (broad SMARTS) is 1. The van der Waals surface area contributed by atoms with Crippen molar-refractivity contribution in [2.75, 3.05) is 0 Å². The number of aromatic carboxylic acids is 1. The molecule has 0 saturated carbocycles. The summed E-state index contributed by atoms with van der Waals surface area (Å²) in [5.74, 6) is -0.940. The maximum Gasteiger partial charge on any atom is 0.354 e. The number of nitrogens with zero attached hydrogens (tertiary/aromatic N) is 2. The normalized spacial score (nSPS) is 11.0. The maximum atomic E-state index is 11.5. The van der Waals surface area contributed by atoms with Crippen LogP contribution in [0.15, 0.2) is 35.8 Å². The van der Waals surface area contributed by atoms with Gasteiger partial charge in [0.05, 0.1) is 5.69 Å². The Hall–Kier alpha value is -2.14. The van der Waals surface area contributed by atoms with E-state index in [4.69, 9.17) is 0 Å². The lowest BCUT2D eigenvalue weighted by Crippen LogP contribution is -2.05. The zero-order valence-electron chi connectivity index (χ0n) is 10.3. The monoisotopic (exact) mass is 272 g/mol. The number of carbonyl (C=O) groups is 1. The molecule has 0 atom stereocenters. The first-order valence-electron chi connectivity index (χ1n) is 5.89. The Bertz CT molecular complexity index is 744. The Morgan fingerprint density at radius 2 is 2.26 bits per heavy atom. The lowest BCUT2D eigenvalue weighted by molar-refractivity contribution is 0.0688. The van der Waals surface area contributed by atoms with Crippen LogP contribution >= 0.6 is 11.3 Å². The second-order valence-electron chi connectivity index (χ2n) is 4.35. The quantitative estimate of drug-likeness (QED) is 0.797. The largest absolute Gasteiger partial charge is 0.477 e. The number of pyridine rings is 1. The Kier molecular flexibility index (Phi) is 2.83. The van der Waals surface area contributed by atoms with E-state index < -0.39 is 5.97 Å². The van der Waals surface area contributed by atoms with E-state index >= 15 is 0 Å². The van der Waals surface area contributed by atoms with Gasteiger partial charge in [0.25, 0.3) is 0 Å². The molecule has 1 N–H and O–H groups in total. The van der Waals surface area contributed by atoms with E-state index in [9.17, 15) is 9.90 Å². The first-order chi connectivity index (χ1) is 9.16. The van der Waals surface area contributed by atoms with Gasteiger partial charge in [-0.25, -0.2) is 9.78 Å². The summed E-state index contributed by atoms with van der Waals surface area (Å²) in [6.07, 6.45) is 2.30. The molecule has 0 bridgehead atoms. The van der Waals surface area contributed by atoms with Gasteiger partial charge in [-0.1, -0.05) is 12.1 Å². The predicted octanol–water partition coefficient (Wildman–Crippen LogP) is 2.99. The van der Waals surface area contributed by atoms with Crippen LogP contribution < -0.4 is 0 Å². The van der Waals surface area contributed by atoms with Crippen LogP contribution in [0.4, 0.5) is 0 Å². The van der Waals surface area contributed by atoms with Gasteiger partial charge in [0, 0.05) is 17.5 Å². The average molecular weight is 272 g/mol. The van der Waals surface area contributed by atoms with E-state index in [2.05, 4.69) is 4.98 Å². The number of aryl methyl sites for hydroxylation is 1. The van der Waals surface area contributed by atoms with Crippen LogP contribution in [0.2, 0.25) is 0 Å². The van der Waals surface area contributed by atoms with Crippen LogP contribution in [-0.2, 0) is 6.42 Å². The molecule has 3 aromatic rings. The minimum Gasteiger partial charge on any atom is -0.477 e. The van der Waals surface area contributed by atoms with Gasteiger partial charge in [-0.05, 0) is 30.0 Å². The van der Waals surface area contributed by atoms with Crippen molar-refractivity contribution in [2.45, 2.75) is 13.3 Å². The fraction of sp³-hybridized carbons (Fsp3) is 0.143. The maximum absolute atomic E-state index is 11.5. The molecule has 0 aliphatic rings. The zero-order valence-corrected chi connectivity index (χ0v) is 11.1. The summed E-state index contributed by atoms with van der Waals surface area (Å²) in [6.45, 7) is 1.93. The SMILES string of the molecule is Cc1cccn2c(C(=O)O)c(Cc3cccs3)nc12. The van der Waals surface area contributed by atoms with Gasteiger partial charge in [-0.3, -0.25) is 4.40 Å². The van der Waals surface area contributed by atoms with Crippen LogP contribution in [-0.4, -0.2) is 20.5 Å². The Balaban J connectivity index is 2.20. The number of rotatable bonds is 3. The number of carboxylic acids is 1. The molecule has 0 unspecified atom stereocenters. The van der Waals surface area contributed by atoms with Gasteiger partial charge in [-0.2, -0.15) is 0 Å². The first kappa shape index (κ1) is 11.9. The molecule has 0 aliphatic carbocycles. The molecule has 0 spiro atoms. The van der Waals surface area contributed by atoms with Crippen LogP contribution in [0.3, 0.4) is 0 Å². The van der Waals surface area contributed by atoms with Crippen molar-refractivity contribution < 1.29 is 9.90 Å². The second kappa shape index (κ2) is 4.51. The number of hydrogen-bond acceptors (Lipinski definition) is 3. The molecule has 0 fully saturated rings. The van der Waals surface area contributed by atoms with Gasteiger partial charge < -0.3 is 5.11 Å². The third-order valence-corrected chi connectivity index (χ3v) is 3.92. The Labute approximate surface area is 114 Å². The fourth-order valence-corrected chi connectivity index (χ4v) is 2.89. The van der Waals surface area contributed by atoms with Gasteiger partial charge in [-0.15, -0.1) is 11.3 Å². The van der Waals surface area contributed by atoms with Gasteiger partial charge in [0.15, 0.2) is 5.69 Å². The molecule has 5 heteroatoms. The van der Waals surface area contributed by atoms with Crippen molar-refractivity contribution in [2.24, 2.45) is 0 Å². The molecule has 0 aromatic carbocycles. The molecule has 0 aliphatic heterocycles. The number of aromatic nitrogens is 2. The highest BCUT2D eigenvalue weighted by Crippen LogP contribution is 2.21. The topological polar surface area (TPSA) is 54.6 Å². The highest BCUT2D eigenvalue weighted by molar-refractivity contribution is 7.09. The fourth-order valence-electron chi connectivity index (χ4n) is 2.18. The first-order valence-corrected chi connectivity index (χ1v) is 6.77. The number of hydrogen-bond donors (Lipinski definition) is 1. The standard InChI is InChI=1S/C14H12N2O2S/c1-9-4-2-6-16-12(14(17)18)11(15-13(9)16)8-10-5-3-7-19-10/h2-7H,8H2,1H3,(H,17,18). The van der Waals surface area contributed by atoms with Crippen LogP contribution in [0.5, 0.6) is 0 Å². The van der Waals surface area contributed by atoms with E-state index in [1.807, 2.05) is 36.6 Å². The van der Waals surface area contributed by atoms with E-state index in [-0.39, 0.29) is 5.69 Å². The summed E-state index contributed by atoms with van der Waals surface area (Å²) in [4.78, 5) is 17.1. The molecule has 96 valence electrons. The van der Waals surface area contributed by atoms with Gasteiger partial charge in [0.1, 0.15) is 5.65 Å². The average Bonchev–Trinajstić information content (AvgIpc) is 2.97. The van der Waals surface area contributed by atoms with Gasteiger partial charge in [0.2, 0.25) is 0 Å². The van der Waals surface area contributed by atoms with E-state index in [1.165, 1.54) is 0 Å². The van der Waals surface area contributed by atoms with Crippen LogP contribution in [0.1, 0.15) is 26.6 Å². The third-order valence-electron chi connectivity index (χ3n) is 3.04. The van der Waals surface area contributed by atoms with Crippen LogP contribution in [0.25, 0.3) is 5.65 Å². The molecule has 3 aromatic heterocycles. The Morgan fingerprint density at radius 1 is 1.42 bits per heavy atom. The molecule has 19 heavy (non-hydrogen) atoms. The summed E-state index contributed by atoms with van der Waals surface area (Å²) in [5.41, 5.74) is 2.56. The minimum atomic E-state index is -0.940. The summed E-state index contributed by atoms with van der Waals surface area (Å²) < 4.78 is 1.65. The van der Waals surface area contributed by atoms with Crippen molar-refractivity contribution in [3.05, 3.63) is 57.7 Å². The second-order valence-corrected chi connectivity index (χ2v) is 5.39. The molecule has 4 nitrogen and oxygen atoms in total. The molecule has 3 heterocycles. The molecule has 0 saturated heterocycles. The smallest absolute Gasteiger partial charge is 0.354 e. The number of thiophene rings is 1. The molecular weight excluding hydrogens is 260 g/mol. The molecule has 0 radical (unpaired) electrons. The lowest BCUT2D eigenvalue weighted by atomic mass is 10.2. The van der Waals surface area contributed by atoms with Crippen molar-refractivity contribution in [1.82, 2.24) is 9.38 Å². The van der Waals surface area contributed by atoms with E-state index in [0.717, 1.165) is 10.4 Å². The van der Waals surface area contributed by atoms with Crippen molar-refractivity contribution in [3.8, 4) is 0 Å². The lowest BCUT2D eigenvalue weighted by Gasteiger charge is -1.99. The van der Waals surface area contributed by atoms with Crippen molar-refractivity contribution in [1.29, 1.82) is 0 Å².